The predicted octanol–water partition coefficient (Wildman–Crippen LogP) is 2.55. The molecule has 0 unspecified atom stereocenters. The normalized spacial score (nSPS) is 13.0. The molecule has 2 aromatic rings. The zero-order chi connectivity index (χ0) is 17.5. The van der Waals surface area contributed by atoms with Gasteiger partial charge in [0.25, 0.3) is 0 Å². The Hall–Kier alpha value is -2.82. The monoisotopic (exact) mass is 338 g/mol. The summed E-state index contributed by atoms with van der Waals surface area (Å²) in [5.41, 5.74) is 2.14. The van der Waals surface area contributed by atoms with E-state index >= 15 is 0 Å². The van der Waals surface area contributed by atoms with Crippen molar-refractivity contribution in [2.75, 3.05) is 24.6 Å². The van der Waals surface area contributed by atoms with E-state index in [4.69, 9.17) is 4.74 Å². The smallest absolute Gasteiger partial charge is 0.246 e. The second-order valence-electron chi connectivity index (χ2n) is 5.97. The number of aryl methyl sites for hydroxylation is 1. The minimum atomic E-state index is -0.186. The van der Waals surface area contributed by atoms with Crippen molar-refractivity contribution in [1.29, 1.82) is 0 Å². The number of hydrogen-bond acceptors (Lipinski definition) is 3. The van der Waals surface area contributed by atoms with Crippen LogP contribution in [0, 0.1) is 0 Å². The molecule has 5 nitrogen and oxygen atoms in total. The number of ether oxygens (including phenoxy) is 1. The minimum Gasteiger partial charge on any atom is -0.493 e. The summed E-state index contributed by atoms with van der Waals surface area (Å²) in [6, 6.07) is 17.3. The third-order valence-corrected chi connectivity index (χ3v) is 4.19. The van der Waals surface area contributed by atoms with Gasteiger partial charge < -0.3 is 15.0 Å². The van der Waals surface area contributed by atoms with E-state index in [0.29, 0.717) is 6.54 Å². The summed E-state index contributed by atoms with van der Waals surface area (Å²) in [7, 11) is 0. The number of carbonyl (C=O) groups is 2. The van der Waals surface area contributed by atoms with Crippen molar-refractivity contribution in [3.05, 3.63) is 60.2 Å². The maximum absolute atomic E-state index is 12.4. The van der Waals surface area contributed by atoms with Gasteiger partial charge in [-0.25, -0.2) is 0 Å². The maximum Gasteiger partial charge on any atom is 0.246 e. The molecule has 5 heteroatoms. The number of nitrogens with zero attached hydrogens (tertiary/aromatic N) is 1. The zero-order valence-corrected chi connectivity index (χ0v) is 14.1. The molecule has 0 spiro atoms. The summed E-state index contributed by atoms with van der Waals surface area (Å²) in [5.74, 6) is 0.468. The number of benzene rings is 2. The van der Waals surface area contributed by atoms with Gasteiger partial charge in [0.05, 0.1) is 19.6 Å². The topological polar surface area (TPSA) is 58.6 Å². The fourth-order valence-electron chi connectivity index (χ4n) is 2.93. The van der Waals surface area contributed by atoms with Crippen molar-refractivity contribution >= 4 is 17.5 Å². The fourth-order valence-corrected chi connectivity index (χ4v) is 2.93. The van der Waals surface area contributed by atoms with Crippen molar-refractivity contribution < 1.29 is 14.3 Å². The van der Waals surface area contributed by atoms with Crippen LogP contribution in [-0.2, 0) is 16.0 Å². The van der Waals surface area contributed by atoms with Crippen LogP contribution >= 0.6 is 0 Å². The highest BCUT2D eigenvalue weighted by molar-refractivity contribution is 5.97. The van der Waals surface area contributed by atoms with Crippen LogP contribution in [0.4, 0.5) is 5.69 Å². The van der Waals surface area contributed by atoms with Crippen LogP contribution in [0.1, 0.15) is 18.4 Å². The Labute approximate surface area is 147 Å². The summed E-state index contributed by atoms with van der Waals surface area (Å²) < 4.78 is 5.49. The zero-order valence-electron chi connectivity index (χ0n) is 14.1. The number of para-hydroxylation sites is 2. The van der Waals surface area contributed by atoms with Gasteiger partial charge in [-0.1, -0.05) is 36.4 Å². The average molecular weight is 338 g/mol. The van der Waals surface area contributed by atoms with Gasteiger partial charge in [0.2, 0.25) is 11.8 Å². The lowest BCUT2D eigenvalue weighted by Gasteiger charge is -2.29. The third kappa shape index (κ3) is 4.59. The number of fused-ring (bicyclic) bond motifs is 1. The summed E-state index contributed by atoms with van der Waals surface area (Å²) in [6.07, 6.45) is 2.16. The Morgan fingerprint density at radius 1 is 1.04 bits per heavy atom. The standard InChI is InChI=1S/C20H22N2O3/c23-19(12-14-25-17-9-2-1-3-10-17)21-15-20(24)22-13-6-8-16-7-4-5-11-18(16)22/h1-5,7,9-11H,6,8,12-15H2,(H,21,23). The van der Waals surface area contributed by atoms with Gasteiger partial charge in [-0.3, -0.25) is 9.59 Å². The first-order chi connectivity index (χ1) is 12.2. The van der Waals surface area contributed by atoms with E-state index in [-0.39, 0.29) is 31.4 Å². The average Bonchev–Trinajstić information content (AvgIpc) is 2.66. The Morgan fingerprint density at radius 3 is 2.64 bits per heavy atom. The highest BCUT2D eigenvalue weighted by Gasteiger charge is 2.22. The molecule has 0 atom stereocenters. The molecular formula is C20H22N2O3. The van der Waals surface area contributed by atoms with Gasteiger partial charge in [-0.2, -0.15) is 0 Å². The lowest BCUT2D eigenvalue weighted by Crippen LogP contribution is -2.42. The van der Waals surface area contributed by atoms with Crippen molar-refractivity contribution in [2.24, 2.45) is 0 Å². The first kappa shape index (κ1) is 17.0. The molecule has 0 saturated carbocycles. The molecule has 0 aromatic heterocycles. The van der Waals surface area contributed by atoms with E-state index < -0.39 is 0 Å². The van der Waals surface area contributed by atoms with Gasteiger partial charge in [0, 0.05) is 12.2 Å². The van der Waals surface area contributed by atoms with E-state index in [1.165, 1.54) is 5.56 Å². The molecule has 2 aromatic carbocycles. The van der Waals surface area contributed by atoms with E-state index in [2.05, 4.69) is 5.32 Å². The van der Waals surface area contributed by atoms with Crippen LogP contribution < -0.4 is 15.0 Å². The molecule has 3 rings (SSSR count). The lowest BCUT2D eigenvalue weighted by molar-refractivity contribution is -0.125. The van der Waals surface area contributed by atoms with E-state index in [1.807, 2.05) is 54.6 Å². The number of anilines is 1. The van der Waals surface area contributed by atoms with Crippen LogP contribution in [0.25, 0.3) is 0 Å². The van der Waals surface area contributed by atoms with E-state index in [0.717, 1.165) is 24.3 Å². The second-order valence-corrected chi connectivity index (χ2v) is 5.97. The van der Waals surface area contributed by atoms with Gasteiger partial charge in [0.1, 0.15) is 5.75 Å². The highest BCUT2D eigenvalue weighted by Crippen LogP contribution is 2.26. The maximum atomic E-state index is 12.4. The van der Waals surface area contributed by atoms with Crippen molar-refractivity contribution in [1.82, 2.24) is 5.32 Å². The molecule has 0 bridgehead atoms. The summed E-state index contributed by atoms with van der Waals surface area (Å²) in [5, 5.41) is 2.69. The van der Waals surface area contributed by atoms with Crippen LogP contribution in [0.15, 0.2) is 54.6 Å². The van der Waals surface area contributed by atoms with E-state index in [1.54, 1.807) is 4.90 Å². The van der Waals surface area contributed by atoms with Crippen LogP contribution in [0.3, 0.4) is 0 Å². The molecule has 130 valence electrons. The Balaban J connectivity index is 1.44. The Kier molecular flexibility index (Phi) is 5.67. The lowest BCUT2D eigenvalue weighted by atomic mass is 10.0. The Bertz CT molecular complexity index is 731. The first-order valence-corrected chi connectivity index (χ1v) is 8.57. The van der Waals surface area contributed by atoms with Crippen molar-refractivity contribution in [3.8, 4) is 5.75 Å². The van der Waals surface area contributed by atoms with Gasteiger partial charge in [-0.05, 0) is 36.6 Å². The molecule has 0 saturated heterocycles. The molecule has 0 aliphatic carbocycles. The number of amides is 2. The molecule has 1 heterocycles. The quantitative estimate of drug-likeness (QED) is 0.881. The van der Waals surface area contributed by atoms with Gasteiger partial charge >= 0.3 is 0 Å². The molecule has 0 radical (unpaired) electrons. The highest BCUT2D eigenvalue weighted by atomic mass is 16.5. The summed E-state index contributed by atoms with van der Waals surface area (Å²) in [4.78, 5) is 26.1. The molecule has 1 aliphatic heterocycles. The van der Waals surface area contributed by atoms with Crippen LogP contribution in [-0.4, -0.2) is 31.5 Å². The first-order valence-electron chi connectivity index (χ1n) is 8.57. The van der Waals surface area contributed by atoms with E-state index in [9.17, 15) is 9.59 Å². The summed E-state index contributed by atoms with van der Waals surface area (Å²) in [6.45, 7) is 0.998. The number of nitrogens with one attached hydrogen (secondary N) is 1. The molecule has 2 amide bonds. The SMILES string of the molecule is O=C(CCOc1ccccc1)NCC(=O)N1CCCc2ccccc21. The number of rotatable bonds is 6. The van der Waals surface area contributed by atoms with Crippen molar-refractivity contribution in [3.63, 3.8) is 0 Å². The van der Waals surface area contributed by atoms with Gasteiger partial charge in [-0.15, -0.1) is 0 Å². The number of carbonyl (C=O) groups excluding carboxylic acids is 2. The van der Waals surface area contributed by atoms with Gasteiger partial charge in [0.15, 0.2) is 0 Å². The molecular weight excluding hydrogens is 316 g/mol. The minimum absolute atomic E-state index is 0.0124. The predicted molar refractivity (Wildman–Crippen MR) is 96.7 cm³/mol. The second kappa shape index (κ2) is 8.33. The molecule has 1 N–H and O–H groups in total. The summed E-state index contributed by atoms with van der Waals surface area (Å²) >= 11 is 0. The molecule has 1 aliphatic rings. The third-order valence-electron chi connectivity index (χ3n) is 4.19. The largest absolute Gasteiger partial charge is 0.493 e. The Morgan fingerprint density at radius 2 is 1.80 bits per heavy atom. The van der Waals surface area contributed by atoms with Crippen LogP contribution in [0.5, 0.6) is 5.75 Å². The van der Waals surface area contributed by atoms with Crippen LogP contribution in [0.2, 0.25) is 0 Å². The molecule has 0 fully saturated rings. The fraction of sp³-hybridized carbons (Fsp3) is 0.300. The van der Waals surface area contributed by atoms with Crippen molar-refractivity contribution in [2.45, 2.75) is 19.3 Å². The molecule has 25 heavy (non-hydrogen) atoms. The number of hydrogen-bond donors (Lipinski definition) is 1.